The predicted octanol–water partition coefficient (Wildman–Crippen LogP) is 15.6. The van der Waals surface area contributed by atoms with Crippen LogP contribution in [0.4, 0.5) is 0 Å². The molecule has 1 atom stereocenters. The van der Waals surface area contributed by atoms with Gasteiger partial charge in [-0.1, -0.05) is 209 Å². The van der Waals surface area contributed by atoms with Crippen LogP contribution in [0, 0.1) is 0 Å². The molecule has 0 aliphatic heterocycles. The van der Waals surface area contributed by atoms with Crippen molar-refractivity contribution in [2.45, 2.75) is 219 Å². The summed E-state index contributed by atoms with van der Waals surface area (Å²) in [7, 11) is 0. The van der Waals surface area contributed by atoms with Crippen LogP contribution in [0.3, 0.4) is 0 Å². The van der Waals surface area contributed by atoms with Gasteiger partial charge in [-0.3, -0.25) is 9.59 Å². The fourth-order valence-electron chi connectivity index (χ4n) is 6.27. The Kier molecular flexibility index (Phi) is 44.5. The molecule has 0 fully saturated rings. The first-order valence-corrected chi connectivity index (χ1v) is 23.5. The van der Waals surface area contributed by atoms with Gasteiger partial charge < -0.3 is 14.2 Å². The molecule has 0 spiro atoms. The first-order valence-electron chi connectivity index (χ1n) is 23.5. The Morgan fingerprint density at radius 2 is 0.875 bits per heavy atom. The summed E-state index contributed by atoms with van der Waals surface area (Å²) in [5.74, 6) is -0.553. The van der Waals surface area contributed by atoms with E-state index < -0.39 is 6.10 Å². The third-order valence-electron chi connectivity index (χ3n) is 9.76. The van der Waals surface area contributed by atoms with Gasteiger partial charge in [0.25, 0.3) is 0 Å². The Labute approximate surface area is 347 Å². The molecule has 0 aliphatic rings. The highest BCUT2D eigenvalue weighted by Gasteiger charge is 2.17. The molecule has 5 heteroatoms. The number of hydrogen-bond donors (Lipinski definition) is 0. The first-order chi connectivity index (χ1) is 27.6. The van der Waals surface area contributed by atoms with E-state index in [1.165, 1.54) is 109 Å². The molecule has 56 heavy (non-hydrogen) atoms. The molecule has 0 heterocycles. The van der Waals surface area contributed by atoms with E-state index in [1.807, 2.05) is 12.2 Å². The van der Waals surface area contributed by atoms with Crippen molar-refractivity contribution in [1.82, 2.24) is 0 Å². The van der Waals surface area contributed by atoms with Crippen LogP contribution >= 0.6 is 0 Å². The standard InChI is InChI=1S/C51H88O5/c1-4-7-10-13-16-19-22-24-26-27-30-32-35-38-41-44-50(52)55-48-49(56-51(53)45-42-39-36-33-29-21-18-15-12-9-6-3)47-54-46-43-40-37-34-31-28-25-23-20-17-14-11-8-5-2/h7,10,15-16,18-19,24,26,30,32,38,41,49H,4-6,8-9,11-14,17,20-23,25,27-29,31,33-37,39-40,42-48H2,1-3H3/b10-7-,18-15-,19-16-,26-24-,32-30-,41-38-. The van der Waals surface area contributed by atoms with E-state index >= 15 is 0 Å². The van der Waals surface area contributed by atoms with Gasteiger partial charge in [0.2, 0.25) is 0 Å². The minimum Gasteiger partial charge on any atom is -0.461 e. The van der Waals surface area contributed by atoms with Crippen molar-refractivity contribution in [3.63, 3.8) is 0 Å². The molecule has 0 saturated carbocycles. The zero-order valence-electron chi connectivity index (χ0n) is 36.9. The summed E-state index contributed by atoms with van der Waals surface area (Å²) in [6.45, 7) is 7.57. The highest BCUT2D eigenvalue weighted by molar-refractivity contribution is 5.71. The van der Waals surface area contributed by atoms with Crippen LogP contribution in [-0.2, 0) is 23.8 Å². The lowest BCUT2D eigenvalue weighted by molar-refractivity contribution is -0.162. The zero-order chi connectivity index (χ0) is 40.7. The van der Waals surface area contributed by atoms with Gasteiger partial charge in [-0.15, -0.1) is 0 Å². The molecule has 0 amide bonds. The number of esters is 2. The minimum atomic E-state index is -0.578. The summed E-state index contributed by atoms with van der Waals surface area (Å²) >= 11 is 0. The second kappa shape index (κ2) is 46.7. The van der Waals surface area contributed by atoms with Crippen LogP contribution in [-0.4, -0.2) is 37.9 Å². The molecule has 0 bridgehead atoms. The third kappa shape index (κ3) is 44.1. The van der Waals surface area contributed by atoms with E-state index in [0.29, 0.717) is 13.0 Å². The number of ether oxygens (including phenoxy) is 3. The highest BCUT2D eigenvalue weighted by atomic mass is 16.6. The van der Waals surface area contributed by atoms with Crippen molar-refractivity contribution in [2.24, 2.45) is 0 Å². The number of carbonyl (C=O) groups is 2. The average molecular weight is 781 g/mol. The molecular formula is C51H88O5. The lowest BCUT2D eigenvalue weighted by Gasteiger charge is -2.18. The van der Waals surface area contributed by atoms with Crippen LogP contribution < -0.4 is 0 Å². The van der Waals surface area contributed by atoms with Gasteiger partial charge in [0.15, 0.2) is 6.10 Å². The van der Waals surface area contributed by atoms with Crippen LogP contribution in [0.2, 0.25) is 0 Å². The lowest BCUT2D eigenvalue weighted by Crippen LogP contribution is -2.30. The summed E-state index contributed by atoms with van der Waals surface area (Å²) in [5, 5.41) is 0. The molecule has 1 unspecified atom stereocenters. The van der Waals surface area contributed by atoms with Crippen LogP contribution in [0.1, 0.15) is 213 Å². The maximum atomic E-state index is 12.7. The normalized spacial score (nSPS) is 12.8. The second-order valence-electron chi connectivity index (χ2n) is 15.3. The lowest BCUT2D eigenvalue weighted by atomic mass is 10.0. The fraction of sp³-hybridized carbons (Fsp3) is 0.725. The number of carbonyl (C=O) groups excluding carboxylic acids is 2. The van der Waals surface area contributed by atoms with Gasteiger partial charge in [-0.25, -0.2) is 0 Å². The van der Waals surface area contributed by atoms with Crippen LogP contribution in [0.15, 0.2) is 72.9 Å². The quantitative estimate of drug-likeness (QED) is 0.0351. The molecule has 0 aromatic heterocycles. The number of rotatable bonds is 42. The molecule has 0 aromatic carbocycles. The molecule has 0 aliphatic carbocycles. The van der Waals surface area contributed by atoms with Crippen molar-refractivity contribution in [2.75, 3.05) is 19.8 Å². The van der Waals surface area contributed by atoms with E-state index in [2.05, 4.69) is 81.5 Å². The second-order valence-corrected chi connectivity index (χ2v) is 15.3. The van der Waals surface area contributed by atoms with E-state index in [4.69, 9.17) is 14.2 Å². The number of hydrogen-bond acceptors (Lipinski definition) is 5. The third-order valence-corrected chi connectivity index (χ3v) is 9.76. The van der Waals surface area contributed by atoms with Crippen LogP contribution in [0.25, 0.3) is 0 Å². The van der Waals surface area contributed by atoms with Gasteiger partial charge in [0.05, 0.1) is 13.0 Å². The van der Waals surface area contributed by atoms with Gasteiger partial charge in [-0.05, 0) is 64.2 Å². The van der Waals surface area contributed by atoms with Crippen molar-refractivity contribution < 1.29 is 23.8 Å². The maximum Gasteiger partial charge on any atom is 0.309 e. The monoisotopic (exact) mass is 781 g/mol. The van der Waals surface area contributed by atoms with Crippen molar-refractivity contribution in [3.8, 4) is 0 Å². The molecule has 0 radical (unpaired) electrons. The Morgan fingerprint density at radius 1 is 0.429 bits per heavy atom. The first kappa shape index (κ1) is 53.3. The van der Waals surface area contributed by atoms with E-state index in [-0.39, 0.29) is 31.6 Å². The summed E-state index contributed by atoms with van der Waals surface area (Å²) in [4.78, 5) is 25.2. The molecule has 322 valence electrons. The smallest absolute Gasteiger partial charge is 0.309 e. The average Bonchev–Trinajstić information content (AvgIpc) is 3.20. The van der Waals surface area contributed by atoms with E-state index in [0.717, 1.165) is 70.6 Å². The predicted molar refractivity (Wildman–Crippen MR) is 242 cm³/mol. The Balaban J connectivity index is 4.38. The summed E-state index contributed by atoms with van der Waals surface area (Å²) in [6, 6.07) is 0. The maximum absolute atomic E-state index is 12.7. The van der Waals surface area contributed by atoms with Crippen molar-refractivity contribution >= 4 is 11.9 Å². The zero-order valence-corrected chi connectivity index (χ0v) is 36.9. The SMILES string of the molecule is CC/C=C\C/C=C\C/C=C\C/C=C\C/C=C\CC(=O)OCC(COCCCCCCCCCCCCCCCC)OC(=O)CCCCCCC/C=C\CCCC. The van der Waals surface area contributed by atoms with E-state index in [9.17, 15) is 9.59 Å². The molecule has 0 N–H and O–H groups in total. The highest BCUT2D eigenvalue weighted by Crippen LogP contribution is 2.14. The summed E-state index contributed by atoms with van der Waals surface area (Å²) < 4.78 is 17.2. The Bertz CT molecular complexity index is 1020. The van der Waals surface area contributed by atoms with Gasteiger partial charge in [-0.2, -0.15) is 0 Å². The number of allylic oxidation sites excluding steroid dienone is 11. The molecule has 0 aromatic rings. The summed E-state index contributed by atoms with van der Waals surface area (Å²) in [6.07, 6.45) is 59.3. The van der Waals surface area contributed by atoms with Crippen molar-refractivity contribution in [3.05, 3.63) is 72.9 Å². The van der Waals surface area contributed by atoms with E-state index in [1.54, 1.807) is 0 Å². The fourth-order valence-corrected chi connectivity index (χ4v) is 6.27. The van der Waals surface area contributed by atoms with Crippen LogP contribution in [0.5, 0.6) is 0 Å². The van der Waals surface area contributed by atoms with Gasteiger partial charge in [0, 0.05) is 13.0 Å². The van der Waals surface area contributed by atoms with Gasteiger partial charge >= 0.3 is 11.9 Å². The minimum absolute atomic E-state index is 0.0276. The van der Waals surface area contributed by atoms with Crippen molar-refractivity contribution in [1.29, 1.82) is 0 Å². The largest absolute Gasteiger partial charge is 0.461 e. The molecule has 0 rings (SSSR count). The molecule has 0 saturated heterocycles. The molecule has 5 nitrogen and oxygen atoms in total. The number of unbranched alkanes of at least 4 members (excludes halogenated alkanes) is 20. The Hall–Kier alpha value is -2.66. The topological polar surface area (TPSA) is 61.8 Å². The summed E-state index contributed by atoms with van der Waals surface area (Å²) in [5.41, 5.74) is 0. The Morgan fingerprint density at radius 3 is 1.41 bits per heavy atom. The van der Waals surface area contributed by atoms with Gasteiger partial charge in [0.1, 0.15) is 6.61 Å². The molecular weight excluding hydrogens is 693 g/mol.